The molecular weight excluding hydrogens is 379 g/mol. The summed E-state index contributed by atoms with van der Waals surface area (Å²) in [6.07, 6.45) is -0.337. The molecule has 2 amide bonds. The van der Waals surface area contributed by atoms with Gasteiger partial charge in [-0.05, 0) is 29.8 Å². The fraction of sp³-hybridized carbons (Fsp3) is 0.222. The summed E-state index contributed by atoms with van der Waals surface area (Å²) in [4.78, 5) is 23.9. The lowest BCUT2D eigenvalue weighted by Crippen LogP contribution is -2.27. The predicted molar refractivity (Wildman–Crippen MR) is 101 cm³/mol. The Kier molecular flexibility index (Phi) is 7.12. The van der Waals surface area contributed by atoms with E-state index in [1.54, 1.807) is 43.5 Å². The van der Waals surface area contributed by atoms with Crippen molar-refractivity contribution >= 4 is 40.7 Å². The molecule has 26 heavy (non-hydrogen) atoms. The third kappa shape index (κ3) is 5.28. The summed E-state index contributed by atoms with van der Waals surface area (Å²) in [5, 5.41) is 5.79. The number of carbonyl (C=O) groups is 2. The zero-order valence-electron chi connectivity index (χ0n) is 14.3. The Morgan fingerprint density at radius 3 is 2.42 bits per heavy atom. The van der Waals surface area contributed by atoms with Gasteiger partial charge in [-0.25, -0.2) is 0 Å². The molecule has 0 fully saturated rings. The summed E-state index contributed by atoms with van der Waals surface area (Å²) in [5.74, 6) is 0.252. The van der Waals surface area contributed by atoms with Crippen molar-refractivity contribution in [1.29, 1.82) is 0 Å². The molecule has 0 spiro atoms. The summed E-state index contributed by atoms with van der Waals surface area (Å²) >= 11 is 11.9. The van der Waals surface area contributed by atoms with Crippen molar-refractivity contribution in [3.63, 3.8) is 0 Å². The lowest BCUT2D eigenvalue weighted by Gasteiger charge is -2.11. The van der Waals surface area contributed by atoms with Gasteiger partial charge in [0, 0.05) is 6.54 Å². The Bertz CT molecular complexity index is 812. The number of methoxy groups -OCH3 is 2. The van der Waals surface area contributed by atoms with Crippen LogP contribution in [-0.2, 0) is 16.1 Å². The normalized spacial score (nSPS) is 10.2. The van der Waals surface area contributed by atoms with Crippen LogP contribution in [0.5, 0.6) is 11.5 Å². The number of benzene rings is 2. The quantitative estimate of drug-likeness (QED) is 0.700. The van der Waals surface area contributed by atoms with E-state index < -0.39 is 11.8 Å². The van der Waals surface area contributed by atoms with Crippen LogP contribution in [0, 0.1) is 0 Å². The Labute approximate surface area is 161 Å². The SMILES string of the molecule is COc1ccc(CNC(=O)CC(=O)Nc2cccc(Cl)c2Cl)cc1OC. The molecule has 0 bridgehead atoms. The summed E-state index contributed by atoms with van der Waals surface area (Å²) in [7, 11) is 3.08. The van der Waals surface area contributed by atoms with E-state index in [1.165, 1.54) is 7.11 Å². The fourth-order valence-corrected chi connectivity index (χ4v) is 2.54. The van der Waals surface area contributed by atoms with Crippen molar-refractivity contribution in [2.45, 2.75) is 13.0 Å². The third-order valence-corrected chi connectivity index (χ3v) is 4.30. The minimum atomic E-state index is -0.487. The van der Waals surface area contributed by atoms with Crippen molar-refractivity contribution in [3.8, 4) is 11.5 Å². The van der Waals surface area contributed by atoms with E-state index in [0.717, 1.165) is 5.56 Å². The summed E-state index contributed by atoms with van der Waals surface area (Å²) in [6.45, 7) is 0.254. The molecule has 138 valence electrons. The first-order valence-electron chi connectivity index (χ1n) is 7.66. The van der Waals surface area contributed by atoms with Crippen LogP contribution in [0.25, 0.3) is 0 Å². The van der Waals surface area contributed by atoms with Gasteiger partial charge < -0.3 is 20.1 Å². The van der Waals surface area contributed by atoms with Gasteiger partial charge in [-0.15, -0.1) is 0 Å². The largest absolute Gasteiger partial charge is 0.493 e. The van der Waals surface area contributed by atoms with Gasteiger partial charge in [0.2, 0.25) is 11.8 Å². The lowest BCUT2D eigenvalue weighted by atomic mass is 10.2. The average molecular weight is 397 g/mol. The predicted octanol–water partition coefficient (Wildman–Crippen LogP) is 3.66. The van der Waals surface area contributed by atoms with Gasteiger partial charge in [0.1, 0.15) is 6.42 Å². The molecule has 0 aliphatic heterocycles. The summed E-state index contributed by atoms with van der Waals surface area (Å²) in [5.41, 5.74) is 1.17. The monoisotopic (exact) mass is 396 g/mol. The van der Waals surface area contributed by atoms with Crippen LogP contribution in [0.3, 0.4) is 0 Å². The first-order chi connectivity index (χ1) is 12.4. The van der Waals surface area contributed by atoms with E-state index in [4.69, 9.17) is 32.7 Å². The number of rotatable bonds is 7. The minimum Gasteiger partial charge on any atom is -0.493 e. The van der Waals surface area contributed by atoms with Crippen molar-refractivity contribution in [2.75, 3.05) is 19.5 Å². The first-order valence-corrected chi connectivity index (χ1v) is 8.41. The Hall–Kier alpha value is -2.44. The molecule has 0 aliphatic carbocycles. The number of amides is 2. The topological polar surface area (TPSA) is 76.7 Å². The second kappa shape index (κ2) is 9.31. The number of hydrogen-bond donors (Lipinski definition) is 2. The molecule has 2 aromatic carbocycles. The highest BCUT2D eigenvalue weighted by molar-refractivity contribution is 6.44. The van der Waals surface area contributed by atoms with Gasteiger partial charge in [-0.3, -0.25) is 9.59 Å². The molecule has 0 radical (unpaired) electrons. The van der Waals surface area contributed by atoms with E-state index in [9.17, 15) is 9.59 Å². The van der Waals surface area contributed by atoms with Crippen LogP contribution in [-0.4, -0.2) is 26.0 Å². The second-order valence-corrected chi connectivity index (χ2v) is 6.08. The van der Waals surface area contributed by atoms with Crippen LogP contribution in [0.1, 0.15) is 12.0 Å². The summed E-state index contributed by atoms with van der Waals surface area (Å²) in [6, 6.07) is 10.2. The molecule has 0 atom stereocenters. The maximum Gasteiger partial charge on any atom is 0.233 e. The first kappa shape index (κ1) is 19.9. The van der Waals surface area contributed by atoms with E-state index >= 15 is 0 Å². The van der Waals surface area contributed by atoms with Crippen molar-refractivity contribution in [2.24, 2.45) is 0 Å². The number of hydrogen-bond acceptors (Lipinski definition) is 4. The third-order valence-electron chi connectivity index (χ3n) is 3.48. The van der Waals surface area contributed by atoms with Gasteiger partial charge in [-0.1, -0.05) is 35.3 Å². The van der Waals surface area contributed by atoms with Crippen LogP contribution in [0.15, 0.2) is 36.4 Å². The Morgan fingerprint density at radius 2 is 1.73 bits per heavy atom. The fourth-order valence-electron chi connectivity index (χ4n) is 2.19. The summed E-state index contributed by atoms with van der Waals surface area (Å²) < 4.78 is 10.4. The highest BCUT2D eigenvalue weighted by atomic mass is 35.5. The van der Waals surface area contributed by atoms with E-state index in [1.807, 2.05) is 0 Å². The number of ether oxygens (including phenoxy) is 2. The average Bonchev–Trinajstić information content (AvgIpc) is 2.63. The highest BCUT2D eigenvalue weighted by Gasteiger charge is 2.13. The van der Waals surface area contributed by atoms with Crippen LogP contribution in [0.2, 0.25) is 10.0 Å². The molecule has 0 aromatic heterocycles. The zero-order chi connectivity index (χ0) is 19.1. The molecule has 0 saturated carbocycles. The van der Waals surface area contributed by atoms with Gasteiger partial charge in [0.25, 0.3) is 0 Å². The Morgan fingerprint density at radius 1 is 1.00 bits per heavy atom. The van der Waals surface area contributed by atoms with Crippen molar-refractivity contribution < 1.29 is 19.1 Å². The minimum absolute atomic E-state index is 0.230. The number of nitrogens with one attached hydrogen (secondary N) is 2. The van der Waals surface area contributed by atoms with Crippen molar-refractivity contribution in [3.05, 3.63) is 52.0 Å². The lowest BCUT2D eigenvalue weighted by molar-refractivity contribution is -0.126. The van der Waals surface area contributed by atoms with E-state index in [-0.39, 0.29) is 18.0 Å². The maximum atomic E-state index is 12.0. The second-order valence-electron chi connectivity index (χ2n) is 5.29. The van der Waals surface area contributed by atoms with Gasteiger partial charge in [0.15, 0.2) is 11.5 Å². The van der Waals surface area contributed by atoms with Gasteiger partial charge in [0.05, 0.1) is 30.0 Å². The smallest absolute Gasteiger partial charge is 0.233 e. The van der Waals surface area contributed by atoms with Gasteiger partial charge in [-0.2, -0.15) is 0 Å². The highest BCUT2D eigenvalue weighted by Crippen LogP contribution is 2.29. The Balaban J connectivity index is 1.88. The maximum absolute atomic E-state index is 12.0. The van der Waals surface area contributed by atoms with E-state index in [0.29, 0.717) is 22.2 Å². The van der Waals surface area contributed by atoms with Crippen molar-refractivity contribution in [1.82, 2.24) is 5.32 Å². The van der Waals surface area contributed by atoms with Crippen LogP contribution >= 0.6 is 23.2 Å². The molecule has 2 rings (SSSR count). The molecular formula is C18H18Cl2N2O4. The standard InChI is InChI=1S/C18H18Cl2N2O4/c1-25-14-7-6-11(8-15(14)26-2)10-21-16(23)9-17(24)22-13-5-3-4-12(19)18(13)20/h3-8H,9-10H2,1-2H3,(H,21,23)(H,22,24). The molecule has 8 heteroatoms. The van der Waals surface area contributed by atoms with E-state index in [2.05, 4.69) is 10.6 Å². The molecule has 0 aliphatic rings. The number of anilines is 1. The molecule has 2 aromatic rings. The molecule has 6 nitrogen and oxygen atoms in total. The molecule has 2 N–H and O–H groups in total. The van der Waals surface area contributed by atoms with Gasteiger partial charge >= 0.3 is 0 Å². The molecule has 0 heterocycles. The van der Waals surface area contributed by atoms with Crippen LogP contribution in [0.4, 0.5) is 5.69 Å². The number of halogens is 2. The number of carbonyl (C=O) groups excluding carboxylic acids is 2. The molecule has 0 unspecified atom stereocenters. The van der Waals surface area contributed by atoms with Crippen LogP contribution < -0.4 is 20.1 Å². The molecule has 0 saturated heterocycles. The zero-order valence-corrected chi connectivity index (χ0v) is 15.8.